The second-order valence-electron chi connectivity index (χ2n) is 6.58. The third kappa shape index (κ3) is 3.87. The highest BCUT2D eigenvalue weighted by Crippen LogP contribution is 2.31. The third-order valence-electron chi connectivity index (χ3n) is 4.92. The van der Waals surface area contributed by atoms with Crippen molar-refractivity contribution in [3.63, 3.8) is 0 Å². The lowest BCUT2D eigenvalue weighted by molar-refractivity contribution is 0.0610. The van der Waals surface area contributed by atoms with Gasteiger partial charge in [-0.2, -0.15) is 0 Å². The SMILES string of the molecule is CC(c1ccccc1)N(CC1CCC1)C(=O)c1ccc(C(=O)O)nc1. The molecule has 5 heteroatoms. The topological polar surface area (TPSA) is 70.5 Å². The molecule has 0 bridgehead atoms. The minimum absolute atomic E-state index is 0.0477. The molecule has 0 saturated heterocycles. The first-order chi connectivity index (χ1) is 12.1. The largest absolute Gasteiger partial charge is 0.477 e. The fraction of sp³-hybridized carbons (Fsp3) is 0.350. The molecule has 1 unspecified atom stereocenters. The normalized spacial score (nSPS) is 15.2. The quantitative estimate of drug-likeness (QED) is 0.870. The molecule has 1 heterocycles. The van der Waals surface area contributed by atoms with Gasteiger partial charge in [0.1, 0.15) is 5.69 Å². The highest BCUT2D eigenvalue weighted by Gasteiger charge is 2.28. The zero-order valence-electron chi connectivity index (χ0n) is 14.3. The molecule has 1 amide bonds. The molecule has 1 atom stereocenters. The van der Waals surface area contributed by atoms with Crippen molar-refractivity contribution in [2.24, 2.45) is 5.92 Å². The van der Waals surface area contributed by atoms with Gasteiger partial charge in [0, 0.05) is 12.7 Å². The van der Waals surface area contributed by atoms with Crippen molar-refractivity contribution in [3.8, 4) is 0 Å². The first-order valence-corrected chi connectivity index (χ1v) is 8.61. The number of carboxylic acids is 1. The average molecular weight is 338 g/mol. The predicted molar refractivity (Wildman–Crippen MR) is 94.4 cm³/mol. The molecule has 25 heavy (non-hydrogen) atoms. The summed E-state index contributed by atoms with van der Waals surface area (Å²) in [5.74, 6) is -0.656. The van der Waals surface area contributed by atoms with Crippen LogP contribution in [-0.4, -0.2) is 33.4 Å². The first kappa shape index (κ1) is 17.1. The summed E-state index contributed by atoms with van der Waals surface area (Å²) in [4.78, 5) is 29.8. The lowest BCUT2D eigenvalue weighted by Gasteiger charge is -2.36. The van der Waals surface area contributed by atoms with E-state index in [-0.39, 0.29) is 17.6 Å². The predicted octanol–water partition coefficient (Wildman–Crippen LogP) is 3.78. The maximum absolute atomic E-state index is 13.1. The number of benzene rings is 1. The van der Waals surface area contributed by atoms with Crippen LogP contribution in [0.1, 0.15) is 58.6 Å². The maximum atomic E-state index is 13.1. The van der Waals surface area contributed by atoms with Crippen molar-refractivity contribution in [2.75, 3.05) is 6.54 Å². The fourth-order valence-corrected chi connectivity index (χ4v) is 3.09. The fourth-order valence-electron chi connectivity index (χ4n) is 3.09. The van der Waals surface area contributed by atoms with Crippen LogP contribution >= 0.6 is 0 Å². The number of carbonyl (C=O) groups excluding carboxylic acids is 1. The Balaban J connectivity index is 1.84. The Bertz CT molecular complexity index is 739. The number of rotatable bonds is 6. The van der Waals surface area contributed by atoms with E-state index in [9.17, 15) is 9.59 Å². The number of pyridine rings is 1. The molecule has 1 fully saturated rings. The number of hydrogen-bond acceptors (Lipinski definition) is 3. The van der Waals surface area contributed by atoms with Crippen molar-refractivity contribution < 1.29 is 14.7 Å². The van der Waals surface area contributed by atoms with Crippen LogP contribution in [0.5, 0.6) is 0 Å². The van der Waals surface area contributed by atoms with Crippen molar-refractivity contribution in [1.82, 2.24) is 9.88 Å². The summed E-state index contributed by atoms with van der Waals surface area (Å²) in [5, 5.41) is 8.96. The van der Waals surface area contributed by atoms with Gasteiger partial charge in [0.15, 0.2) is 0 Å². The van der Waals surface area contributed by atoms with Gasteiger partial charge in [-0.3, -0.25) is 4.79 Å². The minimum atomic E-state index is -1.09. The summed E-state index contributed by atoms with van der Waals surface area (Å²) in [6.07, 6.45) is 4.89. The van der Waals surface area contributed by atoms with Crippen LogP contribution in [0.2, 0.25) is 0 Å². The standard InChI is InChI=1S/C20H22N2O3/c1-14(16-8-3-2-4-9-16)22(13-15-6-5-7-15)19(23)17-10-11-18(20(24)25)21-12-17/h2-4,8-12,14-15H,5-7,13H2,1H3,(H,24,25). The lowest BCUT2D eigenvalue weighted by Crippen LogP contribution is -2.39. The summed E-state index contributed by atoms with van der Waals surface area (Å²) in [6.45, 7) is 2.75. The number of amides is 1. The van der Waals surface area contributed by atoms with Crippen LogP contribution in [0.4, 0.5) is 0 Å². The minimum Gasteiger partial charge on any atom is -0.477 e. The molecule has 1 aliphatic rings. The van der Waals surface area contributed by atoms with Crippen molar-refractivity contribution >= 4 is 11.9 Å². The molecule has 0 aliphatic heterocycles. The van der Waals surface area contributed by atoms with E-state index < -0.39 is 5.97 Å². The van der Waals surface area contributed by atoms with Crippen molar-refractivity contribution in [2.45, 2.75) is 32.2 Å². The van der Waals surface area contributed by atoms with Crippen LogP contribution < -0.4 is 0 Å². The van der Waals surface area contributed by atoms with E-state index >= 15 is 0 Å². The smallest absolute Gasteiger partial charge is 0.354 e. The molecule has 3 rings (SSSR count). The van der Waals surface area contributed by atoms with Gasteiger partial charge in [-0.05, 0) is 43.4 Å². The molecule has 0 spiro atoms. The summed E-state index contributed by atoms with van der Waals surface area (Å²) in [7, 11) is 0. The van der Waals surface area contributed by atoms with Crippen molar-refractivity contribution in [1.29, 1.82) is 0 Å². The van der Waals surface area contributed by atoms with Crippen LogP contribution in [0.25, 0.3) is 0 Å². The molecule has 130 valence electrons. The summed E-state index contributed by atoms with van der Waals surface area (Å²) in [5.41, 5.74) is 1.45. The number of carboxylic acid groups (broad SMARTS) is 1. The Labute approximate surface area is 147 Å². The Morgan fingerprint density at radius 3 is 2.44 bits per heavy atom. The van der Waals surface area contributed by atoms with Crippen molar-refractivity contribution in [3.05, 3.63) is 65.5 Å². The second-order valence-corrected chi connectivity index (χ2v) is 6.58. The van der Waals surface area contributed by atoms with Gasteiger partial charge in [-0.15, -0.1) is 0 Å². The van der Waals surface area contributed by atoms with Crippen LogP contribution in [0.15, 0.2) is 48.7 Å². The zero-order valence-corrected chi connectivity index (χ0v) is 14.3. The van der Waals surface area contributed by atoms with Gasteiger partial charge >= 0.3 is 5.97 Å². The monoisotopic (exact) mass is 338 g/mol. The summed E-state index contributed by atoms with van der Waals surface area (Å²) in [6, 6.07) is 12.8. The Morgan fingerprint density at radius 1 is 1.20 bits per heavy atom. The Morgan fingerprint density at radius 2 is 1.92 bits per heavy atom. The molecular formula is C20H22N2O3. The molecule has 1 N–H and O–H groups in total. The molecule has 1 aromatic carbocycles. The number of aromatic nitrogens is 1. The van der Waals surface area contributed by atoms with E-state index in [1.165, 1.54) is 18.7 Å². The molecule has 1 saturated carbocycles. The number of nitrogens with zero attached hydrogens (tertiary/aromatic N) is 2. The van der Waals surface area contributed by atoms with E-state index in [1.807, 2.05) is 42.2 Å². The number of carbonyl (C=O) groups is 2. The van der Waals surface area contributed by atoms with Gasteiger partial charge in [-0.25, -0.2) is 9.78 Å². The van der Waals surface area contributed by atoms with Gasteiger partial charge < -0.3 is 10.0 Å². The molecule has 1 aromatic heterocycles. The lowest BCUT2D eigenvalue weighted by atomic mass is 9.84. The summed E-state index contributed by atoms with van der Waals surface area (Å²) >= 11 is 0. The second kappa shape index (κ2) is 7.47. The van der Waals surface area contributed by atoms with Crippen LogP contribution in [-0.2, 0) is 0 Å². The number of aromatic carboxylic acids is 1. The van der Waals surface area contributed by atoms with Crippen LogP contribution in [0, 0.1) is 5.92 Å². The molecule has 0 radical (unpaired) electrons. The highest BCUT2D eigenvalue weighted by molar-refractivity contribution is 5.95. The summed E-state index contributed by atoms with van der Waals surface area (Å²) < 4.78 is 0. The molecule has 5 nitrogen and oxygen atoms in total. The zero-order chi connectivity index (χ0) is 17.8. The Kier molecular flexibility index (Phi) is 5.12. The van der Waals surface area contributed by atoms with Gasteiger partial charge in [0.05, 0.1) is 11.6 Å². The van der Waals surface area contributed by atoms with Gasteiger partial charge in [0.2, 0.25) is 0 Å². The molecular weight excluding hydrogens is 316 g/mol. The molecule has 1 aliphatic carbocycles. The van der Waals surface area contributed by atoms with E-state index in [4.69, 9.17) is 5.11 Å². The van der Waals surface area contributed by atoms with Crippen LogP contribution in [0.3, 0.4) is 0 Å². The average Bonchev–Trinajstić information content (AvgIpc) is 2.61. The van der Waals surface area contributed by atoms with E-state index in [0.717, 1.165) is 24.9 Å². The van der Waals surface area contributed by atoms with E-state index in [0.29, 0.717) is 11.5 Å². The number of hydrogen-bond donors (Lipinski definition) is 1. The molecule has 2 aromatic rings. The van der Waals surface area contributed by atoms with Gasteiger partial charge in [-0.1, -0.05) is 36.8 Å². The third-order valence-corrected chi connectivity index (χ3v) is 4.92. The Hall–Kier alpha value is -2.69. The highest BCUT2D eigenvalue weighted by atomic mass is 16.4. The van der Waals surface area contributed by atoms with E-state index in [1.54, 1.807) is 6.07 Å². The maximum Gasteiger partial charge on any atom is 0.354 e. The van der Waals surface area contributed by atoms with Gasteiger partial charge in [0.25, 0.3) is 5.91 Å². The van der Waals surface area contributed by atoms with E-state index in [2.05, 4.69) is 4.98 Å². The first-order valence-electron chi connectivity index (χ1n) is 8.61.